The lowest BCUT2D eigenvalue weighted by Crippen LogP contribution is -2.35. The number of ether oxygens (including phenoxy) is 1. The molecule has 1 aliphatic rings. The maximum atomic E-state index is 11.5. The van der Waals surface area contributed by atoms with E-state index in [0.29, 0.717) is 16.9 Å². The van der Waals surface area contributed by atoms with Crippen molar-refractivity contribution in [3.63, 3.8) is 0 Å². The largest absolute Gasteiger partial charge is 0.496 e. The number of halogens is 6. The Hall–Kier alpha value is -0.530. The molecule has 11 heteroatoms. The SMILES string of the molecule is COC1=CCC(O)(c2nc(C(Cl)(Cl)Cl)nc(C(Cl)(Cl)Cl)n2)c2ccccc21. The van der Waals surface area contributed by atoms with Crippen LogP contribution in [0.5, 0.6) is 0 Å². The minimum absolute atomic E-state index is 0.0930. The average molecular weight is 490 g/mol. The van der Waals surface area contributed by atoms with Gasteiger partial charge < -0.3 is 9.84 Å². The summed E-state index contributed by atoms with van der Waals surface area (Å²) in [6.45, 7) is 0. The first kappa shape index (κ1) is 21.2. The van der Waals surface area contributed by atoms with Crippen molar-refractivity contribution < 1.29 is 9.84 Å². The topological polar surface area (TPSA) is 68.1 Å². The van der Waals surface area contributed by atoms with Crippen molar-refractivity contribution in [2.24, 2.45) is 0 Å². The predicted molar refractivity (Wildman–Crippen MR) is 107 cm³/mol. The Morgan fingerprint density at radius 3 is 2.04 bits per heavy atom. The third-order valence-corrected chi connectivity index (χ3v) is 4.97. The van der Waals surface area contributed by atoms with Gasteiger partial charge in [0.1, 0.15) is 5.76 Å². The molecule has 0 saturated carbocycles. The van der Waals surface area contributed by atoms with Gasteiger partial charge in [0.05, 0.1) is 7.11 Å². The molecule has 0 spiro atoms. The predicted octanol–water partition coefficient (Wildman–Crippen LogP) is 5.15. The molecule has 0 fully saturated rings. The highest BCUT2D eigenvalue weighted by Crippen LogP contribution is 2.44. The summed E-state index contributed by atoms with van der Waals surface area (Å²) < 4.78 is 1.35. The zero-order valence-corrected chi connectivity index (χ0v) is 18.1. The van der Waals surface area contributed by atoms with E-state index in [2.05, 4.69) is 15.0 Å². The van der Waals surface area contributed by atoms with E-state index in [-0.39, 0.29) is 23.9 Å². The number of hydrogen-bond acceptors (Lipinski definition) is 5. The van der Waals surface area contributed by atoms with Crippen LogP contribution in [0, 0.1) is 0 Å². The maximum Gasteiger partial charge on any atom is 0.250 e. The van der Waals surface area contributed by atoms with Crippen molar-refractivity contribution in [3.8, 4) is 0 Å². The summed E-state index contributed by atoms with van der Waals surface area (Å²) in [4.78, 5) is 12.2. The highest BCUT2D eigenvalue weighted by Gasteiger charge is 2.43. The minimum atomic E-state index is -2.01. The number of aromatic nitrogens is 3. The molecule has 1 unspecified atom stereocenters. The van der Waals surface area contributed by atoms with E-state index in [1.54, 1.807) is 24.3 Å². The molecule has 0 saturated heterocycles. The second-order valence-electron chi connectivity index (χ2n) is 5.68. The third-order valence-electron chi connectivity index (χ3n) is 3.95. The molecule has 1 aliphatic carbocycles. The number of fused-ring (bicyclic) bond motifs is 1. The Balaban J connectivity index is 2.26. The van der Waals surface area contributed by atoms with Gasteiger partial charge in [0.25, 0.3) is 0 Å². The van der Waals surface area contributed by atoms with E-state index >= 15 is 0 Å². The molecule has 3 rings (SSSR count). The first-order valence-corrected chi connectivity index (χ1v) is 9.71. The van der Waals surface area contributed by atoms with Crippen LogP contribution in [0.25, 0.3) is 5.76 Å². The number of nitrogens with zero attached hydrogens (tertiary/aromatic N) is 3. The molecule has 1 aromatic heterocycles. The highest BCUT2D eigenvalue weighted by molar-refractivity contribution is 6.67. The molecule has 144 valence electrons. The Labute approximate surface area is 185 Å². The zero-order chi connectivity index (χ0) is 20.0. The standard InChI is InChI=1S/C16H11Cl6N3O2/c1-27-10-6-7-14(26,9-5-3-2-4-8(9)10)11-23-12(15(17,18)19)25-13(24-11)16(20,21)22/h2-6,26H,7H2,1H3. The van der Waals surface area contributed by atoms with Crippen LogP contribution in [0.2, 0.25) is 0 Å². The van der Waals surface area contributed by atoms with Crippen LogP contribution < -0.4 is 0 Å². The van der Waals surface area contributed by atoms with E-state index in [1.165, 1.54) is 7.11 Å². The van der Waals surface area contributed by atoms with Gasteiger partial charge in [0.2, 0.25) is 7.59 Å². The van der Waals surface area contributed by atoms with Crippen LogP contribution in [0.4, 0.5) is 0 Å². The molecular formula is C16H11Cl6N3O2. The van der Waals surface area contributed by atoms with Crippen molar-refractivity contribution in [1.29, 1.82) is 0 Å². The second-order valence-corrected chi connectivity index (χ2v) is 10.2. The first-order valence-electron chi connectivity index (χ1n) is 7.44. The summed E-state index contributed by atoms with van der Waals surface area (Å²) in [6.07, 6.45) is 1.80. The normalized spacial score (nSPS) is 20.1. The van der Waals surface area contributed by atoms with Gasteiger partial charge in [-0.05, 0) is 6.08 Å². The van der Waals surface area contributed by atoms with Crippen LogP contribution in [-0.4, -0.2) is 27.2 Å². The second kappa shape index (κ2) is 7.38. The van der Waals surface area contributed by atoms with Gasteiger partial charge in [-0.3, -0.25) is 0 Å². The summed E-state index contributed by atoms with van der Waals surface area (Å²) in [5.41, 5.74) is -0.502. The minimum Gasteiger partial charge on any atom is -0.496 e. The van der Waals surface area contributed by atoms with E-state index in [0.717, 1.165) is 0 Å². The lowest BCUT2D eigenvalue weighted by molar-refractivity contribution is 0.0702. The van der Waals surface area contributed by atoms with Crippen molar-refractivity contribution >= 4 is 75.4 Å². The zero-order valence-electron chi connectivity index (χ0n) is 13.6. The van der Waals surface area contributed by atoms with Crippen LogP contribution in [0.3, 0.4) is 0 Å². The van der Waals surface area contributed by atoms with Crippen LogP contribution in [0.1, 0.15) is 35.0 Å². The molecule has 27 heavy (non-hydrogen) atoms. The first-order chi connectivity index (χ1) is 12.5. The third kappa shape index (κ3) is 4.10. The van der Waals surface area contributed by atoms with Crippen molar-refractivity contribution in [3.05, 3.63) is 58.9 Å². The Morgan fingerprint density at radius 1 is 0.963 bits per heavy atom. The Kier molecular flexibility index (Phi) is 5.79. The van der Waals surface area contributed by atoms with Crippen molar-refractivity contribution in [2.45, 2.75) is 19.6 Å². The summed E-state index contributed by atoms with van der Waals surface area (Å²) in [5, 5.41) is 11.5. The molecular weight excluding hydrogens is 479 g/mol. The van der Waals surface area contributed by atoms with Gasteiger partial charge in [-0.1, -0.05) is 93.9 Å². The molecule has 1 N–H and O–H groups in total. The van der Waals surface area contributed by atoms with Crippen LogP contribution in [-0.2, 0) is 17.9 Å². The molecule has 0 radical (unpaired) electrons. The highest BCUT2D eigenvalue weighted by atomic mass is 35.6. The molecule has 1 heterocycles. The summed E-state index contributed by atoms with van der Waals surface area (Å²) in [7, 11) is 1.54. The van der Waals surface area contributed by atoms with Crippen molar-refractivity contribution in [2.75, 3.05) is 7.11 Å². The lowest BCUT2D eigenvalue weighted by atomic mass is 9.81. The van der Waals surface area contributed by atoms with E-state index < -0.39 is 13.2 Å². The van der Waals surface area contributed by atoms with Gasteiger partial charge in [-0.2, -0.15) is 0 Å². The van der Waals surface area contributed by atoms with Gasteiger partial charge in [-0.15, -0.1) is 0 Å². The molecule has 0 amide bonds. The van der Waals surface area contributed by atoms with Gasteiger partial charge in [0, 0.05) is 17.5 Å². The fraction of sp³-hybridized carbons (Fsp3) is 0.312. The Bertz CT molecular complexity index is 878. The van der Waals surface area contributed by atoms with Gasteiger partial charge in [-0.25, -0.2) is 15.0 Å². The van der Waals surface area contributed by atoms with Gasteiger partial charge >= 0.3 is 0 Å². The number of benzene rings is 1. The number of methoxy groups -OCH3 is 1. The smallest absolute Gasteiger partial charge is 0.250 e. The molecule has 0 bridgehead atoms. The summed E-state index contributed by atoms with van der Waals surface area (Å²) >= 11 is 35.5. The van der Waals surface area contributed by atoms with E-state index in [1.807, 2.05) is 6.07 Å². The number of hydrogen-bond donors (Lipinski definition) is 1. The average Bonchev–Trinajstić information content (AvgIpc) is 2.60. The molecule has 1 atom stereocenters. The Morgan fingerprint density at radius 2 is 1.52 bits per heavy atom. The quantitative estimate of drug-likeness (QED) is 0.591. The van der Waals surface area contributed by atoms with Crippen molar-refractivity contribution in [1.82, 2.24) is 15.0 Å². The number of rotatable bonds is 2. The van der Waals surface area contributed by atoms with E-state index in [4.69, 9.17) is 74.3 Å². The molecule has 1 aromatic carbocycles. The fourth-order valence-electron chi connectivity index (χ4n) is 2.74. The van der Waals surface area contributed by atoms with Crippen LogP contribution in [0.15, 0.2) is 30.3 Å². The fourth-order valence-corrected chi connectivity index (χ4v) is 3.25. The van der Waals surface area contributed by atoms with Crippen LogP contribution >= 0.6 is 69.6 Å². The maximum absolute atomic E-state index is 11.5. The summed E-state index contributed by atoms with van der Waals surface area (Å²) in [5.74, 6) is -0.0518. The number of aliphatic hydroxyl groups is 1. The summed E-state index contributed by atoms with van der Waals surface area (Å²) in [6, 6.07) is 7.08. The van der Waals surface area contributed by atoms with E-state index in [9.17, 15) is 5.11 Å². The lowest BCUT2D eigenvalue weighted by Gasteiger charge is -2.32. The molecule has 5 nitrogen and oxygen atoms in total. The molecule has 0 aliphatic heterocycles. The monoisotopic (exact) mass is 487 g/mol. The van der Waals surface area contributed by atoms with Gasteiger partial charge in [0.15, 0.2) is 23.1 Å². The number of alkyl halides is 6. The molecule has 2 aromatic rings.